The minimum absolute atomic E-state index is 0.553. The predicted octanol–water partition coefficient (Wildman–Crippen LogP) is 2.11. The fourth-order valence-corrected chi connectivity index (χ4v) is 1.71. The number of hydrogen-bond donors (Lipinski definition) is 1. The Kier molecular flexibility index (Phi) is 2.94. The third kappa shape index (κ3) is 2.19. The maximum absolute atomic E-state index is 9.71. The molecule has 0 saturated carbocycles. The summed E-state index contributed by atoms with van der Waals surface area (Å²) in [6.45, 7) is 3.59. The molecule has 2 rings (SSSR count). The second kappa shape index (κ2) is 4.40. The van der Waals surface area contributed by atoms with Crippen LogP contribution >= 0.6 is 0 Å². The summed E-state index contributed by atoms with van der Waals surface area (Å²) >= 11 is 0. The van der Waals surface area contributed by atoms with Crippen LogP contribution in [0.3, 0.4) is 0 Å². The van der Waals surface area contributed by atoms with Gasteiger partial charge in [-0.3, -0.25) is 0 Å². The average Bonchev–Trinajstić information content (AvgIpc) is 2.75. The fraction of sp³-hybridized carbons (Fsp3) is 0.231. The zero-order valence-corrected chi connectivity index (χ0v) is 9.75. The van der Waals surface area contributed by atoms with Gasteiger partial charge in [-0.2, -0.15) is 10.4 Å². The standard InChI is InChI=1S/C13H13N3O/c1-9-5-6-16(15-9)13-7-11(8-14)3-4-12(13)10(2)17/h3-7,10,17H,1-2H3/t10-/m0/s1. The molecule has 1 heterocycles. The van der Waals surface area contributed by atoms with Crippen molar-refractivity contribution in [2.75, 3.05) is 0 Å². The van der Waals surface area contributed by atoms with E-state index in [1.165, 1.54) is 0 Å². The van der Waals surface area contributed by atoms with Crippen LogP contribution < -0.4 is 0 Å². The summed E-state index contributed by atoms with van der Waals surface area (Å²) in [7, 11) is 0. The van der Waals surface area contributed by atoms with Gasteiger partial charge in [-0.1, -0.05) is 6.07 Å². The number of rotatable bonds is 2. The fourth-order valence-electron chi connectivity index (χ4n) is 1.71. The molecule has 1 N–H and O–H groups in total. The largest absolute Gasteiger partial charge is 0.389 e. The van der Waals surface area contributed by atoms with Crippen LogP contribution in [0.4, 0.5) is 0 Å². The van der Waals surface area contributed by atoms with Crippen LogP contribution in [0.2, 0.25) is 0 Å². The van der Waals surface area contributed by atoms with Crippen molar-refractivity contribution < 1.29 is 5.11 Å². The molecule has 4 nitrogen and oxygen atoms in total. The van der Waals surface area contributed by atoms with Gasteiger partial charge in [-0.25, -0.2) is 4.68 Å². The quantitative estimate of drug-likeness (QED) is 0.854. The zero-order valence-electron chi connectivity index (χ0n) is 9.75. The molecule has 0 aliphatic carbocycles. The van der Waals surface area contributed by atoms with E-state index in [4.69, 9.17) is 5.26 Å². The van der Waals surface area contributed by atoms with Crippen LogP contribution in [0, 0.1) is 18.3 Å². The molecular weight excluding hydrogens is 214 g/mol. The highest BCUT2D eigenvalue weighted by Gasteiger charge is 2.11. The molecule has 0 aliphatic rings. The van der Waals surface area contributed by atoms with E-state index < -0.39 is 6.10 Å². The molecule has 0 aliphatic heterocycles. The minimum Gasteiger partial charge on any atom is -0.389 e. The Morgan fingerprint density at radius 2 is 2.18 bits per heavy atom. The first-order chi connectivity index (χ1) is 8.11. The lowest BCUT2D eigenvalue weighted by molar-refractivity contribution is 0.199. The lowest BCUT2D eigenvalue weighted by Gasteiger charge is -2.12. The van der Waals surface area contributed by atoms with Crippen molar-refractivity contribution in [2.24, 2.45) is 0 Å². The molecule has 86 valence electrons. The Hall–Kier alpha value is -2.12. The molecule has 0 bridgehead atoms. The number of aliphatic hydroxyl groups excluding tert-OH is 1. The Morgan fingerprint density at radius 3 is 2.71 bits per heavy atom. The topological polar surface area (TPSA) is 61.8 Å². The first-order valence-electron chi connectivity index (χ1n) is 5.36. The van der Waals surface area contributed by atoms with E-state index in [-0.39, 0.29) is 0 Å². The Balaban J connectivity index is 2.61. The lowest BCUT2D eigenvalue weighted by Crippen LogP contribution is -2.04. The van der Waals surface area contributed by atoms with Crippen LogP contribution in [0.1, 0.15) is 29.8 Å². The van der Waals surface area contributed by atoms with Crippen LogP contribution in [0.15, 0.2) is 30.5 Å². The lowest BCUT2D eigenvalue weighted by atomic mass is 10.1. The SMILES string of the molecule is Cc1ccn(-c2cc(C#N)ccc2[C@H](C)O)n1. The Labute approximate surface area is 99.7 Å². The van der Waals surface area contributed by atoms with Gasteiger partial charge >= 0.3 is 0 Å². The summed E-state index contributed by atoms with van der Waals surface area (Å²) in [5, 5.41) is 22.9. The number of aromatic nitrogens is 2. The predicted molar refractivity (Wildman–Crippen MR) is 63.6 cm³/mol. The van der Waals surface area contributed by atoms with Gasteiger partial charge in [0.2, 0.25) is 0 Å². The number of nitriles is 1. The molecule has 1 aromatic heterocycles. The summed E-state index contributed by atoms with van der Waals surface area (Å²) in [4.78, 5) is 0. The second-order valence-electron chi connectivity index (χ2n) is 3.96. The van der Waals surface area contributed by atoms with E-state index in [9.17, 15) is 5.11 Å². The van der Waals surface area contributed by atoms with Gasteiger partial charge < -0.3 is 5.11 Å². The van der Waals surface area contributed by atoms with Crippen molar-refractivity contribution in [3.8, 4) is 11.8 Å². The van der Waals surface area contributed by atoms with Crippen molar-refractivity contribution in [2.45, 2.75) is 20.0 Å². The van der Waals surface area contributed by atoms with E-state index in [1.54, 1.807) is 29.8 Å². The summed E-state index contributed by atoms with van der Waals surface area (Å²) in [6.07, 6.45) is 1.22. The maximum atomic E-state index is 9.71. The smallest absolute Gasteiger partial charge is 0.0992 e. The van der Waals surface area contributed by atoms with E-state index >= 15 is 0 Å². The summed E-state index contributed by atoms with van der Waals surface area (Å²) in [5.41, 5.74) is 2.95. The molecule has 4 heteroatoms. The number of hydrogen-bond acceptors (Lipinski definition) is 3. The van der Waals surface area contributed by atoms with Crippen molar-refractivity contribution in [1.82, 2.24) is 9.78 Å². The van der Waals surface area contributed by atoms with Gasteiger partial charge in [-0.15, -0.1) is 0 Å². The van der Waals surface area contributed by atoms with E-state index in [0.29, 0.717) is 5.56 Å². The van der Waals surface area contributed by atoms with Gasteiger partial charge in [0, 0.05) is 11.8 Å². The summed E-state index contributed by atoms with van der Waals surface area (Å²) in [5.74, 6) is 0. The number of nitrogens with zero attached hydrogens (tertiary/aromatic N) is 3. The van der Waals surface area contributed by atoms with Gasteiger partial charge in [0.05, 0.1) is 29.1 Å². The molecule has 0 amide bonds. The molecule has 17 heavy (non-hydrogen) atoms. The molecule has 1 atom stereocenters. The first kappa shape index (κ1) is 11.4. The molecule has 2 aromatic rings. The van der Waals surface area contributed by atoms with E-state index in [0.717, 1.165) is 16.9 Å². The molecule has 0 unspecified atom stereocenters. The van der Waals surface area contributed by atoms with Crippen LogP contribution in [-0.2, 0) is 0 Å². The molecule has 1 aromatic carbocycles. The monoisotopic (exact) mass is 227 g/mol. The number of aryl methyl sites for hydroxylation is 1. The highest BCUT2D eigenvalue weighted by atomic mass is 16.3. The number of benzene rings is 1. The Bertz CT molecular complexity index is 579. The van der Waals surface area contributed by atoms with Gasteiger partial charge in [0.25, 0.3) is 0 Å². The maximum Gasteiger partial charge on any atom is 0.0992 e. The number of aliphatic hydroxyl groups is 1. The van der Waals surface area contributed by atoms with Gasteiger partial charge in [0.15, 0.2) is 0 Å². The van der Waals surface area contributed by atoms with Crippen molar-refractivity contribution >= 4 is 0 Å². The van der Waals surface area contributed by atoms with Gasteiger partial charge in [-0.05, 0) is 32.0 Å². The van der Waals surface area contributed by atoms with Gasteiger partial charge in [0.1, 0.15) is 0 Å². The van der Waals surface area contributed by atoms with Crippen LogP contribution in [-0.4, -0.2) is 14.9 Å². The molecule has 0 saturated heterocycles. The highest BCUT2D eigenvalue weighted by Crippen LogP contribution is 2.22. The van der Waals surface area contributed by atoms with E-state index in [1.807, 2.05) is 19.2 Å². The van der Waals surface area contributed by atoms with E-state index in [2.05, 4.69) is 11.2 Å². The minimum atomic E-state index is -0.595. The van der Waals surface area contributed by atoms with Crippen molar-refractivity contribution in [3.63, 3.8) is 0 Å². The average molecular weight is 227 g/mol. The second-order valence-corrected chi connectivity index (χ2v) is 3.96. The summed E-state index contributed by atoms with van der Waals surface area (Å²) < 4.78 is 1.68. The van der Waals surface area contributed by atoms with Crippen molar-refractivity contribution in [3.05, 3.63) is 47.3 Å². The molecule has 0 spiro atoms. The Morgan fingerprint density at radius 1 is 1.41 bits per heavy atom. The molecule has 0 radical (unpaired) electrons. The van der Waals surface area contributed by atoms with Crippen LogP contribution in [0.5, 0.6) is 0 Å². The normalized spacial score (nSPS) is 12.1. The molecular formula is C13H13N3O. The third-order valence-electron chi connectivity index (χ3n) is 2.58. The zero-order chi connectivity index (χ0) is 12.4. The molecule has 0 fully saturated rings. The van der Waals surface area contributed by atoms with Crippen molar-refractivity contribution in [1.29, 1.82) is 5.26 Å². The summed E-state index contributed by atoms with van der Waals surface area (Å²) in [6, 6.07) is 9.15. The van der Waals surface area contributed by atoms with Crippen LogP contribution in [0.25, 0.3) is 5.69 Å². The first-order valence-corrected chi connectivity index (χ1v) is 5.36. The highest BCUT2D eigenvalue weighted by molar-refractivity contribution is 5.48. The third-order valence-corrected chi connectivity index (χ3v) is 2.58.